The molecule has 11 heavy (non-hydrogen) atoms. The van der Waals surface area contributed by atoms with Crippen molar-refractivity contribution in [3.05, 3.63) is 5.32 Å². The van der Waals surface area contributed by atoms with Gasteiger partial charge >= 0.3 is 0 Å². The predicted octanol–water partition coefficient (Wildman–Crippen LogP) is 0.931. The SMILES string of the molecule is CCN1CC([N-]C)CN1CC. The molecule has 0 spiro atoms. The van der Waals surface area contributed by atoms with Crippen LogP contribution in [0.25, 0.3) is 5.32 Å². The normalized spacial score (nSPS) is 23.2. The van der Waals surface area contributed by atoms with E-state index in [1.54, 1.807) is 0 Å². The second kappa shape index (κ2) is 4.04. The van der Waals surface area contributed by atoms with Crippen molar-refractivity contribution < 1.29 is 0 Å². The summed E-state index contributed by atoms with van der Waals surface area (Å²) in [7, 11) is 1.91. The van der Waals surface area contributed by atoms with Crippen LogP contribution in [0.15, 0.2) is 0 Å². The quantitative estimate of drug-likeness (QED) is 0.606. The van der Waals surface area contributed by atoms with E-state index < -0.39 is 0 Å². The largest absolute Gasteiger partial charge is 0.660 e. The second-order valence-electron chi connectivity index (χ2n) is 2.92. The van der Waals surface area contributed by atoms with Crippen LogP contribution >= 0.6 is 0 Å². The molecule has 0 bridgehead atoms. The van der Waals surface area contributed by atoms with Gasteiger partial charge in [-0.3, -0.25) is 0 Å². The van der Waals surface area contributed by atoms with E-state index in [-0.39, 0.29) is 0 Å². The fourth-order valence-electron chi connectivity index (χ4n) is 1.60. The first-order chi connectivity index (χ1) is 5.31. The molecule has 0 radical (unpaired) electrons. The first kappa shape index (κ1) is 8.97. The monoisotopic (exact) mass is 156 g/mol. The molecule has 0 unspecified atom stereocenters. The third-order valence-electron chi connectivity index (χ3n) is 2.34. The second-order valence-corrected chi connectivity index (χ2v) is 2.92. The summed E-state index contributed by atoms with van der Waals surface area (Å²) in [6, 6.07) is 0.537. The van der Waals surface area contributed by atoms with Crippen LogP contribution in [0.5, 0.6) is 0 Å². The maximum absolute atomic E-state index is 4.30. The van der Waals surface area contributed by atoms with Gasteiger partial charge in [0.1, 0.15) is 0 Å². The highest BCUT2D eigenvalue weighted by Gasteiger charge is 2.21. The molecule has 3 heteroatoms. The highest BCUT2D eigenvalue weighted by atomic mass is 15.6. The average Bonchev–Trinajstić information content (AvgIpc) is 2.46. The molecule has 0 aromatic heterocycles. The Kier molecular flexibility index (Phi) is 3.30. The molecule has 1 rings (SSSR count). The molecule has 0 aromatic carbocycles. The van der Waals surface area contributed by atoms with Crippen LogP contribution in [0.2, 0.25) is 0 Å². The minimum Gasteiger partial charge on any atom is -0.660 e. The summed E-state index contributed by atoms with van der Waals surface area (Å²) in [5.74, 6) is 0. The number of nitrogens with zero attached hydrogens (tertiary/aromatic N) is 3. The summed E-state index contributed by atoms with van der Waals surface area (Å²) in [4.78, 5) is 0. The number of hydrazine groups is 1. The average molecular weight is 156 g/mol. The Morgan fingerprint density at radius 1 is 1.18 bits per heavy atom. The Morgan fingerprint density at radius 2 is 1.64 bits per heavy atom. The van der Waals surface area contributed by atoms with E-state index in [4.69, 9.17) is 0 Å². The number of hydrogen-bond acceptors (Lipinski definition) is 2. The van der Waals surface area contributed by atoms with Gasteiger partial charge < -0.3 is 5.32 Å². The lowest BCUT2D eigenvalue weighted by atomic mass is 10.3. The van der Waals surface area contributed by atoms with Gasteiger partial charge in [-0.05, 0) is 13.1 Å². The Hall–Kier alpha value is -0.120. The first-order valence-electron chi connectivity index (χ1n) is 4.40. The van der Waals surface area contributed by atoms with Crippen LogP contribution in [0.4, 0.5) is 0 Å². The molecule has 1 aliphatic heterocycles. The van der Waals surface area contributed by atoms with Gasteiger partial charge in [-0.25, -0.2) is 10.0 Å². The Balaban J connectivity index is 2.41. The van der Waals surface area contributed by atoms with Crippen molar-refractivity contribution in [3.8, 4) is 0 Å². The van der Waals surface area contributed by atoms with E-state index >= 15 is 0 Å². The standard InChI is InChI=1S/C8H18N3/c1-4-10-6-8(9-3)7-11(10)5-2/h8H,4-7H2,1-3H3/q-1. The van der Waals surface area contributed by atoms with Gasteiger partial charge in [-0.1, -0.05) is 13.8 Å². The summed E-state index contributed by atoms with van der Waals surface area (Å²) in [5.41, 5.74) is 0. The highest BCUT2D eigenvalue weighted by molar-refractivity contribution is 4.94. The molecule has 1 heterocycles. The molecule has 1 fully saturated rings. The molecule has 3 nitrogen and oxygen atoms in total. The van der Waals surface area contributed by atoms with E-state index in [0.717, 1.165) is 26.2 Å². The zero-order chi connectivity index (χ0) is 8.27. The van der Waals surface area contributed by atoms with Crippen molar-refractivity contribution in [2.24, 2.45) is 0 Å². The van der Waals surface area contributed by atoms with Gasteiger partial charge in [0.2, 0.25) is 0 Å². The van der Waals surface area contributed by atoms with Crippen molar-refractivity contribution in [1.29, 1.82) is 0 Å². The van der Waals surface area contributed by atoms with E-state index in [1.807, 2.05) is 7.05 Å². The third-order valence-corrected chi connectivity index (χ3v) is 2.34. The van der Waals surface area contributed by atoms with Crippen LogP contribution in [-0.2, 0) is 0 Å². The van der Waals surface area contributed by atoms with Gasteiger partial charge in [0.05, 0.1) is 0 Å². The van der Waals surface area contributed by atoms with Crippen LogP contribution in [0.3, 0.4) is 0 Å². The summed E-state index contributed by atoms with van der Waals surface area (Å²) in [6.45, 7) is 8.84. The van der Waals surface area contributed by atoms with Crippen LogP contribution in [0.1, 0.15) is 13.8 Å². The van der Waals surface area contributed by atoms with Gasteiger partial charge in [-0.15, -0.1) is 6.04 Å². The fourth-order valence-corrected chi connectivity index (χ4v) is 1.60. The molecule has 1 saturated heterocycles. The first-order valence-corrected chi connectivity index (χ1v) is 4.40. The zero-order valence-corrected chi connectivity index (χ0v) is 7.75. The molecule has 0 amide bonds. The summed E-state index contributed by atoms with van der Waals surface area (Å²) in [6.07, 6.45) is 0. The zero-order valence-electron chi connectivity index (χ0n) is 7.75. The number of hydrogen-bond donors (Lipinski definition) is 0. The lowest BCUT2D eigenvalue weighted by Crippen LogP contribution is -2.35. The lowest BCUT2D eigenvalue weighted by molar-refractivity contribution is 0.0388. The molecule has 0 saturated carbocycles. The lowest BCUT2D eigenvalue weighted by Gasteiger charge is -2.24. The molecular weight excluding hydrogens is 138 g/mol. The highest BCUT2D eigenvalue weighted by Crippen LogP contribution is 2.14. The van der Waals surface area contributed by atoms with E-state index in [2.05, 4.69) is 29.2 Å². The minimum absolute atomic E-state index is 0.537. The third kappa shape index (κ3) is 1.92. The molecule has 66 valence electrons. The molecule has 0 aromatic rings. The van der Waals surface area contributed by atoms with E-state index in [1.165, 1.54) is 0 Å². The molecule has 0 aliphatic carbocycles. The number of rotatable bonds is 3. The number of likely N-dealkylation sites (N-methyl/N-ethyl adjacent to an activating group) is 3. The maximum Gasteiger partial charge on any atom is 0.0104 e. The molecular formula is C8H18N3-. The van der Waals surface area contributed by atoms with Gasteiger partial charge in [0, 0.05) is 13.1 Å². The summed E-state index contributed by atoms with van der Waals surface area (Å²) in [5, 5.41) is 9.05. The van der Waals surface area contributed by atoms with E-state index in [0.29, 0.717) is 6.04 Å². The van der Waals surface area contributed by atoms with Gasteiger partial charge in [-0.2, -0.15) is 7.05 Å². The minimum atomic E-state index is 0.537. The van der Waals surface area contributed by atoms with Crippen LogP contribution in [-0.4, -0.2) is 49.3 Å². The Labute approximate surface area is 69.3 Å². The van der Waals surface area contributed by atoms with Gasteiger partial charge in [0.15, 0.2) is 0 Å². The van der Waals surface area contributed by atoms with Crippen molar-refractivity contribution >= 4 is 0 Å². The fraction of sp³-hybridized carbons (Fsp3) is 1.00. The maximum atomic E-state index is 4.30. The Bertz CT molecular complexity index is 104. The van der Waals surface area contributed by atoms with Crippen LogP contribution < -0.4 is 0 Å². The molecule has 1 aliphatic rings. The topological polar surface area (TPSA) is 20.6 Å². The van der Waals surface area contributed by atoms with Crippen LogP contribution in [0, 0.1) is 0 Å². The van der Waals surface area contributed by atoms with E-state index in [9.17, 15) is 0 Å². The smallest absolute Gasteiger partial charge is 0.0104 e. The van der Waals surface area contributed by atoms with Crippen molar-refractivity contribution in [1.82, 2.24) is 10.0 Å². The van der Waals surface area contributed by atoms with Crippen molar-refractivity contribution in [2.75, 3.05) is 33.2 Å². The van der Waals surface area contributed by atoms with Gasteiger partial charge in [0.25, 0.3) is 0 Å². The summed E-state index contributed by atoms with van der Waals surface area (Å²) < 4.78 is 0. The molecule has 0 N–H and O–H groups in total. The Morgan fingerprint density at radius 3 is 1.91 bits per heavy atom. The van der Waals surface area contributed by atoms with Crippen molar-refractivity contribution in [3.63, 3.8) is 0 Å². The van der Waals surface area contributed by atoms with Crippen molar-refractivity contribution in [2.45, 2.75) is 19.9 Å². The molecule has 0 atom stereocenters. The predicted molar refractivity (Wildman–Crippen MR) is 47.6 cm³/mol. The summed E-state index contributed by atoms with van der Waals surface area (Å²) >= 11 is 0.